The summed E-state index contributed by atoms with van der Waals surface area (Å²) in [5, 5.41) is 6.03. The first-order chi connectivity index (χ1) is 12.5. The summed E-state index contributed by atoms with van der Waals surface area (Å²) in [6.07, 6.45) is 0. The van der Waals surface area contributed by atoms with Gasteiger partial charge in [0.25, 0.3) is 5.91 Å². The average molecular weight is 366 g/mol. The molecule has 0 aliphatic carbocycles. The summed E-state index contributed by atoms with van der Waals surface area (Å²) in [5.74, 6) is -1.03. The van der Waals surface area contributed by atoms with E-state index in [4.69, 9.17) is 14.9 Å². The van der Waals surface area contributed by atoms with E-state index in [0.717, 1.165) is 12.1 Å². The number of hydrogen-bond donors (Lipinski definition) is 3. The van der Waals surface area contributed by atoms with E-state index in [9.17, 15) is 13.6 Å². The average Bonchev–Trinajstić information content (AvgIpc) is 3.07. The normalized spacial score (nSPS) is 11.3. The van der Waals surface area contributed by atoms with Gasteiger partial charge in [-0.2, -0.15) is 0 Å². The quantitative estimate of drug-likeness (QED) is 0.376. The smallest absolute Gasteiger partial charge is 0.284 e. The van der Waals surface area contributed by atoms with Crippen LogP contribution < -0.4 is 21.1 Å². The molecule has 2 aromatic rings. The Labute approximate surface area is 149 Å². The first-order valence-electron chi connectivity index (χ1n) is 7.98. The maximum atomic E-state index is 13.5. The summed E-state index contributed by atoms with van der Waals surface area (Å²) >= 11 is 0. The molecule has 0 bridgehead atoms. The van der Waals surface area contributed by atoms with Crippen molar-refractivity contribution >= 4 is 11.9 Å². The van der Waals surface area contributed by atoms with E-state index >= 15 is 0 Å². The van der Waals surface area contributed by atoms with E-state index in [1.165, 1.54) is 12.1 Å². The van der Waals surface area contributed by atoms with Crippen LogP contribution in [-0.4, -0.2) is 31.6 Å². The highest BCUT2D eigenvalue weighted by molar-refractivity contribution is 5.89. The second-order valence-corrected chi connectivity index (χ2v) is 5.18. The van der Waals surface area contributed by atoms with E-state index in [1.54, 1.807) is 6.07 Å². The van der Waals surface area contributed by atoms with Gasteiger partial charge in [0.15, 0.2) is 23.3 Å². The standard InChI is InChI=1S/C17H20F2N4O3/c1-2-21-17(23-10-12-4-6-15(26-12)16(20)24)22-7-8-25-14-5-3-11(18)9-13(14)19/h3-6,9H,2,7-8,10H2,1H3,(H2,20,24)(H2,21,22,23). The van der Waals surface area contributed by atoms with Gasteiger partial charge in [0.1, 0.15) is 24.7 Å². The molecule has 1 heterocycles. The zero-order chi connectivity index (χ0) is 18.9. The zero-order valence-electron chi connectivity index (χ0n) is 14.2. The Morgan fingerprint density at radius 1 is 1.27 bits per heavy atom. The Bertz CT molecular complexity index is 777. The molecule has 1 aromatic heterocycles. The van der Waals surface area contributed by atoms with Gasteiger partial charge < -0.3 is 25.5 Å². The van der Waals surface area contributed by atoms with Crippen molar-refractivity contribution in [1.82, 2.24) is 10.6 Å². The molecule has 0 radical (unpaired) electrons. The number of aliphatic imine (C=N–C) groups is 1. The summed E-state index contributed by atoms with van der Waals surface area (Å²) in [4.78, 5) is 15.3. The summed E-state index contributed by atoms with van der Waals surface area (Å²) in [7, 11) is 0. The van der Waals surface area contributed by atoms with Gasteiger partial charge in [-0.15, -0.1) is 0 Å². The number of amides is 1. The number of carbonyl (C=O) groups excluding carboxylic acids is 1. The van der Waals surface area contributed by atoms with Crippen LogP contribution in [0.25, 0.3) is 0 Å². The molecular weight excluding hydrogens is 346 g/mol. The summed E-state index contributed by atoms with van der Waals surface area (Å²) in [5.41, 5.74) is 5.12. The van der Waals surface area contributed by atoms with Crippen molar-refractivity contribution in [3.05, 3.63) is 53.5 Å². The van der Waals surface area contributed by atoms with Crippen molar-refractivity contribution in [1.29, 1.82) is 0 Å². The molecule has 1 amide bonds. The fraction of sp³-hybridized carbons (Fsp3) is 0.294. The molecule has 0 spiro atoms. The highest BCUT2D eigenvalue weighted by Crippen LogP contribution is 2.17. The maximum absolute atomic E-state index is 13.5. The Balaban J connectivity index is 1.83. The Morgan fingerprint density at radius 3 is 2.73 bits per heavy atom. The first kappa shape index (κ1) is 19.2. The van der Waals surface area contributed by atoms with Gasteiger partial charge in [-0.05, 0) is 31.2 Å². The second-order valence-electron chi connectivity index (χ2n) is 5.18. The van der Waals surface area contributed by atoms with Gasteiger partial charge in [0.05, 0.1) is 6.54 Å². The van der Waals surface area contributed by atoms with Crippen LogP contribution in [-0.2, 0) is 6.54 Å². The number of ether oxygens (including phenoxy) is 1. The fourth-order valence-electron chi connectivity index (χ4n) is 2.02. The molecule has 1 aromatic carbocycles. The number of guanidine groups is 1. The molecular formula is C17H20F2N4O3. The fourth-order valence-corrected chi connectivity index (χ4v) is 2.02. The number of furan rings is 1. The van der Waals surface area contributed by atoms with Gasteiger partial charge in [-0.25, -0.2) is 13.8 Å². The lowest BCUT2D eigenvalue weighted by Gasteiger charge is -2.12. The molecule has 0 aliphatic rings. The van der Waals surface area contributed by atoms with Crippen LogP contribution in [0, 0.1) is 11.6 Å². The minimum absolute atomic E-state index is 0.0234. The largest absolute Gasteiger partial charge is 0.489 e. The third-order valence-electron chi connectivity index (χ3n) is 3.19. The predicted molar refractivity (Wildman–Crippen MR) is 91.9 cm³/mol. The van der Waals surface area contributed by atoms with Crippen molar-refractivity contribution in [2.24, 2.45) is 10.7 Å². The van der Waals surface area contributed by atoms with Gasteiger partial charge in [-0.1, -0.05) is 0 Å². The molecule has 9 heteroatoms. The van der Waals surface area contributed by atoms with Crippen LogP contribution in [0.5, 0.6) is 5.75 Å². The first-order valence-corrected chi connectivity index (χ1v) is 7.98. The number of rotatable bonds is 8. The van der Waals surface area contributed by atoms with Crippen molar-refractivity contribution < 1.29 is 22.7 Å². The molecule has 7 nitrogen and oxygen atoms in total. The maximum Gasteiger partial charge on any atom is 0.284 e. The van der Waals surface area contributed by atoms with Crippen LogP contribution in [0.3, 0.4) is 0 Å². The van der Waals surface area contributed by atoms with Gasteiger partial charge in [0, 0.05) is 12.6 Å². The van der Waals surface area contributed by atoms with E-state index < -0.39 is 17.5 Å². The van der Waals surface area contributed by atoms with Crippen molar-refractivity contribution in [3.8, 4) is 5.75 Å². The summed E-state index contributed by atoms with van der Waals surface area (Å²) in [6, 6.07) is 6.22. The van der Waals surface area contributed by atoms with Crippen molar-refractivity contribution in [3.63, 3.8) is 0 Å². The molecule has 2 rings (SSSR count). The highest BCUT2D eigenvalue weighted by Gasteiger charge is 2.07. The third kappa shape index (κ3) is 5.76. The van der Waals surface area contributed by atoms with Crippen molar-refractivity contribution in [2.75, 3.05) is 19.7 Å². The highest BCUT2D eigenvalue weighted by atomic mass is 19.1. The second kappa shape index (κ2) is 9.40. The van der Waals surface area contributed by atoms with Gasteiger partial charge >= 0.3 is 0 Å². The molecule has 140 valence electrons. The minimum Gasteiger partial charge on any atom is -0.489 e. The number of nitrogens with one attached hydrogen (secondary N) is 2. The number of nitrogens with zero attached hydrogens (tertiary/aromatic N) is 1. The lowest BCUT2D eigenvalue weighted by molar-refractivity contribution is 0.0972. The summed E-state index contributed by atoms with van der Waals surface area (Å²) < 4.78 is 36.8. The number of hydrogen-bond acceptors (Lipinski definition) is 4. The molecule has 0 atom stereocenters. The van der Waals surface area contributed by atoms with E-state index in [2.05, 4.69) is 15.6 Å². The van der Waals surface area contributed by atoms with Crippen LogP contribution in [0.1, 0.15) is 23.2 Å². The zero-order valence-corrected chi connectivity index (χ0v) is 14.2. The molecule has 0 aliphatic heterocycles. The molecule has 0 unspecified atom stereocenters. The lowest BCUT2D eigenvalue weighted by Crippen LogP contribution is -2.39. The van der Waals surface area contributed by atoms with Crippen LogP contribution in [0.2, 0.25) is 0 Å². The van der Waals surface area contributed by atoms with E-state index in [0.29, 0.717) is 24.8 Å². The Hall–Kier alpha value is -3.10. The number of primary amides is 1. The van der Waals surface area contributed by atoms with E-state index in [-0.39, 0.29) is 24.7 Å². The number of halogens is 2. The molecule has 4 N–H and O–H groups in total. The number of nitrogens with two attached hydrogens (primary N) is 1. The monoisotopic (exact) mass is 366 g/mol. The number of carbonyl (C=O) groups is 1. The molecule has 0 fully saturated rings. The third-order valence-corrected chi connectivity index (χ3v) is 3.19. The van der Waals surface area contributed by atoms with Crippen LogP contribution >= 0.6 is 0 Å². The SMILES string of the molecule is CCNC(=NCc1ccc(C(N)=O)o1)NCCOc1ccc(F)cc1F. The summed E-state index contributed by atoms with van der Waals surface area (Å²) in [6.45, 7) is 3.23. The predicted octanol–water partition coefficient (Wildman–Crippen LogP) is 1.79. The molecule has 26 heavy (non-hydrogen) atoms. The van der Waals surface area contributed by atoms with Crippen molar-refractivity contribution in [2.45, 2.75) is 13.5 Å². The van der Waals surface area contributed by atoms with Crippen LogP contribution in [0.4, 0.5) is 8.78 Å². The Kier molecular flexibility index (Phi) is 6.95. The van der Waals surface area contributed by atoms with Gasteiger partial charge in [-0.3, -0.25) is 4.79 Å². The Morgan fingerprint density at radius 2 is 2.08 bits per heavy atom. The minimum atomic E-state index is -0.756. The molecule has 0 saturated carbocycles. The van der Waals surface area contributed by atoms with Gasteiger partial charge in [0.2, 0.25) is 0 Å². The topological polar surface area (TPSA) is 102 Å². The molecule has 0 saturated heterocycles. The lowest BCUT2D eigenvalue weighted by atomic mass is 10.3. The van der Waals surface area contributed by atoms with Crippen LogP contribution in [0.15, 0.2) is 39.7 Å². The van der Waals surface area contributed by atoms with E-state index in [1.807, 2.05) is 6.92 Å². The number of benzene rings is 1.